The lowest BCUT2D eigenvalue weighted by molar-refractivity contribution is 0.316. The summed E-state index contributed by atoms with van der Waals surface area (Å²) in [6.45, 7) is 2.64. The highest BCUT2D eigenvalue weighted by atomic mass is 32.2. The summed E-state index contributed by atoms with van der Waals surface area (Å²) in [7, 11) is -3.30. The fourth-order valence-corrected chi connectivity index (χ4v) is 4.28. The number of thiocarbonyl (C=S) groups is 1. The molecule has 1 atom stereocenters. The van der Waals surface area contributed by atoms with Gasteiger partial charge in [0.1, 0.15) is 5.75 Å². The molecule has 0 bridgehead atoms. The Kier molecular flexibility index (Phi) is 5.14. The summed E-state index contributed by atoms with van der Waals surface area (Å²) in [6.07, 6.45) is 4.96. The number of hydrogen-bond acceptors (Lipinski definition) is 3. The maximum atomic E-state index is 12.1. The minimum Gasteiger partial charge on any atom is -0.392 e. The van der Waals surface area contributed by atoms with Crippen LogP contribution in [0, 0.1) is 0 Å². The first-order chi connectivity index (χ1) is 7.47. The zero-order valence-corrected chi connectivity index (χ0v) is 11.3. The molecular weight excluding hydrogens is 244 g/mol. The molecule has 16 heavy (non-hydrogen) atoms. The summed E-state index contributed by atoms with van der Waals surface area (Å²) >= 11 is 4.69. The lowest BCUT2D eigenvalue weighted by atomic mass is 10.1. The fraction of sp³-hybridized carbons (Fsp3) is 0.900. The number of rotatable bonds is 4. The third-order valence-corrected chi connectivity index (χ3v) is 5.17. The summed E-state index contributed by atoms with van der Waals surface area (Å²) in [5.74, 6) is -0.196. The van der Waals surface area contributed by atoms with E-state index in [1.165, 1.54) is 0 Å². The zero-order valence-electron chi connectivity index (χ0n) is 9.68. The van der Waals surface area contributed by atoms with Gasteiger partial charge in [0.25, 0.3) is 0 Å². The Morgan fingerprint density at radius 3 is 2.69 bits per heavy atom. The largest absolute Gasteiger partial charge is 0.392 e. The van der Waals surface area contributed by atoms with Crippen LogP contribution in [0.1, 0.15) is 39.0 Å². The van der Waals surface area contributed by atoms with Crippen LogP contribution in [0.2, 0.25) is 0 Å². The van der Waals surface area contributed by atoms with Crippen LogP contribution in [0.4, 0.5) is 0 Å². The topological polar surface area (TPSA) is 63.4 Å². The Hall–Kier alpha value is -0.200. The van der Waals surface area contributed by atoms with E-state index >= 15 is 0 Å². The van der Waals surface area contributed by atoms with E-state index < -0.39 is 10.0 Å². The number of sulfonamides is 1. The average molecular weight is 264 g/mol. The van der Waals surface area contributed by atoms with E-state index in [0.717, 1.165) is 32.1 Å². The van der Waals surface area contributed by atoms with Gasteiger partial charge in [0.15, 0.2) is 0 Å². The van der Waals surface area contributed by atoms with Crippen LogP contribution >= 0.6 is 12.2 Å². The molecule has 1 aliphatic rings. The third kappa shape index (κ3) is 3.68. The van der Waals surface area contributed by atoms with Crippen molar-refractivity contribution in [1.82, 2.24) is 4.31 Å². The van der Waals surface area contributed by atoms with Gasteiger partial charge in [-0.25, -0.2) is 8.42 Å². The molecule has 2 N–H and O–H groups in total. The highest BCUT2D eigenvalue weighted by Gasteiger charge is 2.30. The van der Waals surface area contributed by atoms with Gasteiger partial charge in [-0.05, 0) is 19.3 Å². The summed E-state index contributed by atoms with van der Waals surface area (Å²) in [4.78, 5) is 0.0547. The molecule has 1 unspecified atom stereocenters. The maximum Gasteiger partial charge on any atom is 0.220 e. The molecule has 0 aromatic rings. The molecule has 0 spiro atoms. The Morgan fingerprint density at radius 2 is 2.12 bits per heavy atom. The van der Waals surface area contributed by atoms with E-state index in [2.05, 4.69) is 0 Å². The summed E-state index contributed by atoms with van der Waals surface area (Å²) in [6, 6.07) is 0.127. The van der Waals surface area contributed by atoms with Crippen LogP contribution < -0.4 is 5.73 Å². The quantitative estimate of drug-likeness (QED) is 0.776. The Morgan fingerprint density at radius 1 is 1.44 bits per heavy atom. The molecule has 1 saturated heterocycles. The second-order valence-corrected chi connectivity index (χ2v) is 6.69. The number of nitrogens with zero attached hydrogens (tertiary/aromatic N) is 1. The summed E-state index contributed by atoms with van der Waals surface area (Å²) in [5, 5.41) is 0. The minimum absolute atomic E-state index is 0.0547. The van der Waals surface area contributed by atoms with Gasteiger partial charge >= 0.3 is 0 Å². The molecule has 0 aromatic carbocycles. The molecule has 1 fully saturated rings. The smallest absolute Gasteiger partial charge is 0.220 e. The zero-order chi connectivity index (χ0) is 12.2. The molecule has 1 heterocycles. The highest BCUT2D eigenvalue weighted by molar-refractivity contribution is 7.92. The van der Waals surface area contributed by atoms with E-state index in [0.29, 0.717) is 6.54 Å². The lowest BCUT2D eigenvalue weighted by Gasteiger charge is -2.28. The molecule has 1 aliphatic heterocycles. The molecular formula is C10H20N2O2S2. The van der Waals surface area contributed by atoms with Crippen molar-refractivity contribution in [3.63, 3.8) is 0 Å². The molecule has 0 radical (unpaired) electrons. The second-order valence-electron chi connectivity index (χ2n) is 4.24. The van der Waals surface area contributed by atoms with E-state index in [4.69, 9.17) is 18.0 Å². The van der Waals surface area contributed by atoms with Gasteiger partial charge in [0.05, 0.1) is 4.99 Å². The SMILES string of the molecule is CCC1CCCCCN1S(=O)(=O)CC(N)=S. The molecule has 0 aromatic heterocycles. The monoisotopic (exact) mass is 264 g/mol. The Labute approximate surface area is 103 Å². The highest BCUT2D eigenvalue weighted by Crippen LogP contribution is 2.22. The van der Waals surface area contributed by atoms with Crippen molar-refractivity contribution >= 4 is 27.2 Å². The predicted molar refractivity (Wildman–Crippen MR) is 69.8 cm³/mol. The molecule has 0 amide bonds. The van der Waals surface area contributed by atoms with Crippen molar-refractivity contribution in [3.8, 4) is 0 Å². The normalized spacial score (nSPS) is 23.9. The van der Waals surface area contributed by atoms with Crippen molar-refractivity contribution in [2.45, 2.75) is 45.1 Å². The van der Waals surface area contributed by atoms with Gasteiger partial charge in [-0.15, -0.1) is 0 Å². The maximum absolute atomic E-state index is 12.1. The van der Waals surface area contributed by atoms with Crippen molar-refractivity contribution in [1.29, 1.82) is 0 Å². The first-order valence-electron chi connectivity index (χ1n) is 5.75. The first kappa shape index (κ1) is 13.9. The second kappa shape index (κ2) is 5.93. The average Bonchev–Trinajstić information content (AvgIpc) is 2.40. The van der Waals surface area contributed by atoms with E-state index in [1.807, 2.05) is 6.92 Å². The summed E-state index contributed by atoms with van der Waals surface area (Å²) in [5.41, 5.74) is 5.34. The van der Waals surface area contributed by atoms with Gasteiger partial charge in [0, 0.05) is 12.6 Å². The van der Waals surface area contributed by atoms with Crippen molar-refractivity contribution in [2.75, 3.05) is 12.3 Å². The van der Waals surface area contributed by atoms with Crippen LogP contribution in [0.25, 0.3) is 0 Å². The predicted octanol–water partition coefficient (Wildman–Crippen LogP) is 1.26. The van der Waals surface area contributed by atoms with Crippen molar-refractivity contribution in [3.05, 3.63) is 0 Å². The van der Waals surface area contributed by atoms with Gasteiger partial charge < -0.3 is 5.73 Å². The fourth-order valence-electron chi connectivity index (χ4n) is 2.19. The Balaban J connectivity index is 2.84. The van der Waals surface area contributed by atoms with E-state index in [1.54, 1.807) is 4.31 Å². The van der Waals surface area contributed by atoms with E-state index in [9.17, 15) is 8.42 Å². The molecule has 6 heteroatoms. The van der Waals surface area contributed by atoms with Gasteiger partial charge in [-0.3, -0.25) is 0 Å². The standard InChI is InChI=1S/C10H20N2O2S2/c1-2-9-6-4-3-5-7-12(9)16(13,14)8-10(11)15/h9H,2-8H2,1H3,(H2,11,15). The van der Waals surface area contributed by atoms with Gasteiger partial charge in [0.2, 0.25) is 10.0 Å². The molecule has 0 aliphatic carbocycles. The van der Waals surface area contributed by atoms with Crippen LogP contribution in [0.5, 0.6) is 0 Å². The van der Waals surface area contributed by atoms with Crippen LogP contribution in [-0.2, 0) is 10.0 Å². The van der Waals surface area contributed by atoms with Crippen LogP contribution in [0.3, 0.4) is 0 Å². The molecule has 94 valence electrons. The van der Waals surface area contributed by atoms with Crippen LogP contribution in [0.15, 0.2) is 0 Å². The number of hydrogen-bond donors (Lipinski definition) is 1. The molecule has 4 nitrogen and oxygen atoms in total. The molecule has 1 rings (SSSR count). The Bertz CT molecular complexity index is 341. The van der Waals surface area contributed by atoms with Gasteiger partial charge in [-0.2, -0.15) is 4.31 Å². The lowest BCUT2D eigenvalue weighted by Crippen LogP contribution is -2.43. The summed E-state index contributed by atoms with van der Waals surface area (Å²) < 4.78 is 25.8. The number of nitrogens with two attached hydrogens (primary N) is 1. The van der Waals surface area contributed by atoms with Crippen molar-refractivity contribution in [2.24, 2.45) is 5.73 Å². The van der Waals surface area contributed by atoms with E-state index in [-0.39, 0.29) is 16.8 Å². The minimum atomic E-state index is -3.30. The first-order valence-corrected chi connectivity index (χ1v) is 7.77. The third-order valence-electron chi connectivity index (χ3n) is 2.98. The van der Waals surface area contributed by atoms with Gasteiger partial charge in [-0.1, -0.05) is 32.0 Å². The molecule has 0 saturated carbocycles. The van der Waals surface area contributed by atoms with Crippen LogP contribution in [-0.4, -0.2) is 36.1 Å². The van der Waals surface area contributed by atoms with Crippen molar-refractivity contribution < 1.29 is 8.42 Å².